The van der Waals surface area contributed by atoms with Crippen LogP contribution in [-0.4, -0.2) is 37.6 Å². The third-order valence-electron chi connectivity index (χ3n) is 4.87. The van der Waals surface area contributed by atoms with Gasteiger partial charge in [-0.3, -0.25) is 14.9 Å². The predicted molar refractivity (Wildman–Crippen MR) is 98.7 cm³/mol. The summed E-state index contributed by atoms with van der Waals surface area (Å²) in [7, 11) is 0. The lowest BCUT2D eigenvalue weighted by Crippen LogP contribution is -2.37. The molecule has 3 aromatic rings. The second-order valence-corrected chi connectivity index (χ2v) is 6.51. The first-order valence-corrected chi connectivity index (χ1v) is 9.02. The lowest BCUT2D eigenvalue weighted by Gasteiger charge is -2.34. The van der Waals surface area contributed by atoms with Gasteiger partial charge in [0, 0.05) is 56.5 Å². The number of hydrogen-bond donors (Lipinski definition) is 0. The summed E-state index contributed by atoms with van der Waals surface area (Å²) in [4.78, 5) is 15.6. The van der Waals surface area contributed by atoms with E-state index < -0.39 is 0 Å². The number of nitrogens with zero attached hydrogens (tertiary/aromatic N) is 5. The molecule has 6 heteroatoms. The molecular formula is C20H23N5O. The largest absolute Gasteiger partial charge is 0.493 e. The zero-order valence-electron chi connectivity index (χ0n) is 15.0. The zero-order valence-corrected chi connectivity index (χ0v) is 15.0. The van der Waals surface area contributed by atoms with Crippen LogP contribution in [0, 0.1) is 0 Å². The average Bonchev–Trinajstić information content (AvgIpc) is 3.10. The highest BCUT2D eigenvalue weighted by molar-refractivity contribution is 5.17. The van der Waals surface area contributed by atoms with Crippen LogP contribution in [0.4, 0.5) is 0 Å². The predicted octanol–water partition coefficient (Wildman–Crippen LogP) is 2.87. The number of rotatable bonds is 6. The van der Waals surface area contributed by atoms with Crippen molar-refractivity contribution >= 4 is 0 Å². The molecule has 0 N–H and O–H groups in total. The molecule has 4 heterocycles. The van der Waals surface area contributed by atoms with Crippen molar-refractivity contribution in [3.8, 4) is 5.75 Å². The van der Waals surface area contributed by atoms with Gasteiger partial charge in [0.1, 0.15) is 11.6 Å². The number of hydrogen-bond acceptors (Lipinski definition) is 5. The smallest absolute Gasteiger partial charge is 0.126 e. The summed E-state index contributed by atoms with van der Waals surface area (Å²) in [6.07, 6.45) is 8.18. The van der Waals surface area contributed by atoms with Crippen LogP contribution >= 0.6 is 0 Å². The van der Waals surface area contributed by atoms with Crippen molar-refractivity contribution in [3.63, 3.8) is 0 Å². The van der Waals surface area contributed by atoms with E-state index in [2.05, 4.69) is 32.4 Å². The Kier molecular flexibility index (Phi) is 4.93. The third kappa shape index (κ3) is 3.60. The number of fused-ring (bicyclic) bond motifs is 1. The maximum Gasteiger partial charge on any atom is 0.126 e. The number of imidazole rings is 1. The van der Waals surface area contributed by atoms with E-state index in [1.165, 1.54) is 5.69 Å². The zero-order chi connectivity index (χ0) is 17.8. The minimum absolute atomic E-state index is 0.278. The maximum absolute atomic E-state index is 5.80. The molecule has 134 valence electrons. The van der Waals surface area contributed by atoms with Gasteiger partial charge in [-0.05, 0) is 31.2 Å². The molecule has 3 aromatic heterocycles. The standard InChI is InChI=1S/C20H23N5O/c1-16-20-23-14-18(7-13-26-19-5-9-21-10-6-19)25(20)12-11-24(16)15-17-4-2-3-8-22-17/h2-6,8-10,14,16H,7,11-13,15H2,1H3. The first-order chi connectivity index (χ1) is 12.8. The van der Waals surface area contributed by atoms with Gasteiger partial charge in [-0.25, -0.2) is 4.98 Å². The summed E-state index contributed by atoms with van der Waals surface area (Å²) in [5.74, 6) is 1.99. The first-order valence-electron chi connectivity index (χ1n) is 9.02. The van der Waals surface area contributed by atoms with E-state index in [-0.39, 0.29) is 6.04 Å². The Morgan fingerprint density at radius 1 is 1.08 bits per heavy atom. The van der Waals surface area contributed by atoms with E-state index in [4.69, 9.17) is 9.72 Å². The topological polar surface area (TPSA) is 56.1 Å². The van der Waals surface area contributed by atoms with E-state index in [1.807, 2.05) is 36.7 Å². The molecule has 6 nitrogen and oxygen atoms in total. The summed E-state index contributed by atoms with van der Waals surface area (Å²) in [5, 5.41) is 0. The van der Waals surface area contributed by atoms with Crippen LogP contribution in [0.25, 0.3) is 0 Å². The summed E-state index contributed by atoms with van der Waals surface area (Å²) in [5.41, 5.74) is 2.34. The Hall–Kier alpha value is -2.73. The van der Waals surface area contributed by atoms with Gasteiger partial charge in [-0.15, -0.1) is 0 Å². The molecule has 4 rings (SSSR count). The SMILES string of the molecule is CC1c2ncc(CCOc3ccncc3)n2CCN1Cc1ccccn1. The van der Waals surface area contributed by atoms with Crippen molar-refractivity contribution in [1.82, 2.24) is 24.4 Å². The van der Waals surface area contributed by atoms with Crippen LogP contribution in [0.3, 0.4) is 0 Å². The number of ether oxygens (including phenoxy) is 1. The Bertz CT molecular complexity index is 834. The van der Waals surface area contributed by atoms with Gasteiger partial charge < -0.3 is 9.30 Å². The highest BCUT2D eigenvalue weighted by Crippen LogP contribution is 2.26. The minimum Gasteiger partial charge on any atom is -0.493 e. The van der Waals surface area contributed by atoms with Gasteiger partial charge in [-0.2, -0.15) is 0 Å². The fourth-order valence-corrected chi connectivity index (χ4v) is 3.43. The number of pyridine rings is 2. The molecule has 1 aliphatic rings. The maximum atomic E-state index is 5.80. The van der Waals surface area contributed by atoms with Crippen LogP contribution in [0.15, 0.2) is 55.1 Å². The molecule has 1 unspecified atom stereocenters. The van der Waals surface area contributed by atoms with Crippen molar-refractivity contribution in [3.05, 3.63) is 72.3 Å². The highest BCUT2D eigenvalue weighted by atomic mass is 16.5. The summed E-state index contributed by atoms with van der Waals surface area (Å²) < 4.78 is 8.14. The Labute approximate surface area is 153 Å². The monoisotopic (exact) mass is 349 g/mol. The van der Waals surface area contributed by atoms with Crippen molar-refractivity contribution < 1.29 is 4.74 Å². The highest BCUT2D eigenvalue weighted by Gasteiger charge is 2.27. The number of aromatic nitrogens is 4. The van der Waals surface area contributed by atoms with Gasteiger partial charge in [0.15, 0.2) is 0 Å². The third-order valence-corrected chi connectivity index (χ3v) is 4.87. The quantitative estimate of drug-likeness (QED) is 0.685. The van der Waals surface area contributed by atoms with Gasteiger partial charge in [0.2, 0.25) is 0 Å². The van der Waals surface area contributed by atoms with E-state index in [0.717, 1.165) is 43.3 Å². The molecular weight excluding hydrogens is 326 g/mol. The van der Waals surface area contributed by atoms with Gasteiger partial charge >= 0.3 is 0 Å². The molecule has 26 heavy (non-hydrogen) atoms. The second-order valence-electron chi connectivity index (χ2n) is 6.51. The Morgan fingerprint density at radius 3 is 2.77 bits per heavy atom. The molecule has 0 saturated heterocycles. The van der Waals surface area contributed by atoms with Crippen LogP contribution in [-0.2, 0) is 19.5 Å². The van der Waals surface area contributed by atoms with Crippen molar-refractivity contribution in [1.29, 1.82) is 0 Å². The van der Waals surface area contributed by atoms with Crippen molar-refractivity contribution in [2.45, 2.75) is 32.5 Å². The summed E-state index contributed by atoms with van der Waals surface area (Å²) >= 11 is 0. The second kappa shape index (κ2) is 7.66. The normalized spacial score (nSPS) is 17.0. The van der Waals surface area contributed by atoms with E-state index in [0.29, 0.717) is 6.61 Å². The Morgan fingerprint density at radius 2 is 1.96 bits per heavy atom. The van der Waals surface area contributed by atoms with E-state index >= 15 is 0 Å². The van der Waals surface area contributed by atoms with Gasteiger partial charge in [-0.1, -0.05) is 6.07 Å². The lowest BCUT2D eigenvalue weighted by molar-refractivity contribution is 0.153. The molecule has 0 saturated carbocycles. The average molecular weight is 349 g/mol. The summed E-state index contributed by atoms with van der Waals surface area (Å²) in [6.45, 7) is 5.67. The fourth-order valence-electron chi connectivity index (χ4n) is 3.43. The molecule has 0 aliphatic carbocycles. The molecule has 0 radical (unpaired) electrons. The molecule has 0 aromatic carbocycles. The molecule has 0 spiro atoms. The lowest BCUT2D eigenvalue weighted by atomic mass is 10.2. The van der Waals surface area contributed by atoms with Crippen LogP contribution in [0.1, 0.15) is 30.2 Å². The molecule has 0 fully saturated rings. The first kappa shape index (κ1) is 16.7. The summed E-state index contributed by atoms with van der Waals surface area (Å²) in [6, 6.07) is 10.1. The molecule has 1 aliphatic heterocycles. The van der Waals surface area contributed by atoms with Crippen LogP contribution in [0.5, 0.6) is 5.75 Å². The van der Waals surface area contributed by atoms with Crippen LogP contribution in [0.2, 0.25) is 0 Å². The fraction of sp³-hybridized carbons (Fsp3) is 0.350. The molecule has 0 bridgehead atoms. The minimum atomic E-state index is 0.278. The molecule has 0 amide bonds. The molecule has 1 atom stereocenters. The van der Waals surface area contributed by atoms with Gasteiger partial charge in [0.05, 0.1) is 18.3 Å². The van der Waals surface area contributed by atoms with Gasteiger partial charge in [0.25, 0.3) is 0 Å². The van der Waals surface area contributed by atoms with E-state index in [1.54, 1.807) is 12.4 Å². The van der Waals surface area contributed by atoms with Crippen LogP contribution < -0.4 is 4.74 Å². The van der Waals surface area contributed by atoms with E-state index in [9.17, 15) is 0 Å². The van der Waals surface area contributed by atoms with Crippen molar-refractivity contribution in [2.24, 2.45) is 0 Å². The Balaban J connectivity index is 1.39. The van der Waals surface area contributed by atoms with Crippen molar-refractivity contribution in [2.75, 3.05) is 13.2 Å².